The number of hydrogen-bond donors (Lipinski definition) is 2. The first kappa shape index (κ1) is 18.4. The van der Waals surface area contributed by atoms with Crippen LogP contribution < -0.4 is 0 Å². The molecule has 3 atom stereocenters. The maximum atomic E-state index is 12.0. The van der Waals surface area contributed by atoms with Crippen LogP contribution in [0.2, 0.25) is 0 Å². The zero-order chi connectivity index (χ0) is 16.8. The third kappa shape index (κ3) is 4.40. The molecule has 0 unspecified atom stereocenters. The first-order valence-corrected chi connectivity index (χ1v) is 7.08. The van der Waals surface area contributed by atoms with Crippen LogP contribution >= 0.6 is 0 Å². The van der Waals surface area contributed by atoms with Crippen molar-refractivity contribution in [2.75, 3.05) is 13.7 Å². The second kappa shape index (κ2) is 8.08. The van der Waals surface area contributed by atoms with Crippen molar-refractivity contribution in [2.24, 2.45) is 5.41 Å². The van der Waals surface area contributed by atoms with Gasteiger partial charge in [-0.3, -0.25) is 0 Å². The Morgan fingerprint density at radius 1 is 1.36 bits per heavy atom. The molecule has 1 aromatic rings. The summed E-state index contributed by atoms with van der Waals surface area (Å²) in [7, 11) is 1.45. The molecular formula is C17H24O5. The van der Waals surface area contributed by atoms with E-state index in [0.717, 1.165) is 0 Å². The highest BCUT2D eigenvalue weighted by Gasteiger charge is 2.38. The number of rotatable bonds is 8. The van der Waals surface area contributed by atoms with Gasteiger partial charge < -0.3 is 19.7 Å². The number of carbonyl (C=O) groups is 1. The number of aliphatic hydroxyl groups excluding tert-OH is 2. The number of hydrogen-bond acceptors (Lipinski definition) is 5. The zero-order valence-corrected chi connectivity index (χ0v) is 13.2. The number of ether oxygens (including phenoxy) is 2. The summed E-state index contributed by atoms with van der Waals surface area (Å²) in [5.74, 6) is -0.607. The Kier molecular flexibility index (Phi) is 6.74. The Hall–Kier alpha value is -1.69. The Labute approximate surface area is 131 Å². The van der Waals surface area contributed by atoms with Crippen molar-refractivity contribution >= 4 is 5.97 Å². The van der Waals surface area contributed by atoms with Crippen molar-refractivity contribution in [1.82, 2.24) is 0 Å². The molecule has 1 aromatic carbocycles. The summed E-state index contributed by atoms with van der Waals surface area (Å²) < 4.78 is 10.5. The first-order chi connectivity index (χ1) is 10.4. The predicted molar refractivity (Wildman–Crippen MR) is 83.5 cm³/mol. The van der Waals surface area contributed by atoms with Crippen molar-refractivity contribution in [3.63, 3.8) is 0 Å². The van der Waals surface area contributed by atoms with Gasteiger partial charge in [-0.25, -0.2) is 4.79 Å². The molecule has 0 radical (unpaired) electrons. The van der Waals surface area contributed by atoms with Crippen LogP contribution in [0.3, 0.4) is 0 Å². The summed E-state index contributed by atoms with van der Waals surface area (Å²) in [5, 5.41) is 19.9. The lowest BCUT2D eigenvalue weighted by molar-refractivity contribution is -0.122. The van der Waals surface area contributed by atoms with Crippen molar-refractivity contribution in [3.8, 4) is 0 Å². The third-order valence-corrected chi connectivity index (χ3v) is 3.65. The lowest BCUT2D eigenvalue weighted by atomic mass is 9.82. The molecule has 0 fully saturated rings. The lowest BCUT2D eigenvalue weighted by Crippen LogP contribution is -2.49. The highest BCUT2D eigenvalue weighted by Crippen LogP contribution is 2.28. The Bertz CT molecular complexity index is 483. The molecule has 5 heteroatoms. The molecule has 0 aliphatic rings. The molecule has 22 heavy (non-hydrogen) atoms. The Morgan fingerprint density at radius 2 is 1.95 bits per heavy atom. The maximum absolute atomic E-state index is 12.0. The summed E-state index contributed by atoms with van der Waals surface area (Å²) in [5.41, 5.74) is -0.203. The van der Waals surface area contributed by atoms with Crippen LogP contribution in [0.1, 0.15) is 24.2 Å². The second-order valence-corrected chi connectivity index (χ2v) is 5.66. The number of benzene rings is 1. The summed E-state index contributed by atoms with van der Waals surface area (Å²) >= 11 is 0. The summed E-state index contributed by atoms with van der Waals surface area (Å²) in [6.07, 6.45) is -1.30. The largest absolute Gasteiger partial charge is 0.453 e. The van der Waals surface area contributed by atoms with Crippen molar-refractivity contribution < 1.29 is 24.5 Å². The van der Waals surface area contributed by atoms with E-state index >= 15 is 0 Å². The topological polar surface area (TPSA) is 76.0 Å². The molecule has 1 rings (SSSR count). The SMILES string of the molecule is C=CC(C)(C)[C@H](OC)[C@@H](O)[C@@H](CO)OC(=O)c1ccccc1. The van der Waals surface area contributed by atoms with Gasteiger partial charge in [0, 0.05) is 12.5 Å². The summed E-state index contributed by atoms with van der Waals surface area (Å²) in [6.45, 7) is 6.89. The minimum absolute atomic E-state index is 0.352. The van der Waals surface area contributed by atoms with E-state index in [1.807, 2.05) is 13.8 Å². The average molecular weight is 308 g/mol. The minimum atomic E-state index is -1.18. The van der Waals surface area contributed by atoms with Crippen LogP contribution in [0.15, 0.2) is 43.0 Å². The van der Waals surface area contributed by atoms with Gasteiger partial charge in [-0.05, 0) is 12.1 Å². The standard InChI is InChI=1S/C17H24O5/c1-5-17(2,3)15(21-4)14(19)13(11-18)22-16(20)12-9-7-6-8-10-12/h5-10,13-15,18-19H,1,11H2,2-4H3/t13-,14+,15-/m1/s1. The van der Waals surface area contributed by atoms with Gasteiger partial charge in [0.2, 0.25) is 0 Å². The molecule has 0 saturated heterocycles. The molecule has 5 nitrogen and oxygen atoms in total. The van der Waals surface area contributed by atoms with E-state index in [4.69, 9.17) is 9.47 Å². The number of esters is 1. The van der Waals surface area contributed by atoms with Gasteiger partial charge in [0.15, 0.2) is 6.10 Å². The number of methoxy groups -OCH3 is 1. The number of aliphatic hydroxyl groups is 2. The van der Waals surface area contributed by atoms with Crippen LogP contribution in [0.4, 0.5) is 0 Å². The first-order valence-electron chi connectivity index (χ1n) is 7.08. The van der Waals surface area contributed by atoms with E-state index in [9.17, 15) is 15.0 Å². The zero-order valence-electron chi connectivity index (χ0n) is 13.2. The van der Waals surface area contributed by atoms with Crippen molar-refractivity contribution in [3.05, 3.63) is 48.6 Å². The number of carbonyl (C=O) groups excluding carboxylic acids is 1. The summed E-state index contributed by atoms with van der Waals surface area (Å²) in [6, 6.07) is 8.40. The van der Waals surface area contributed by atoms with E-state index in [2.05, 4.69) is 6.58 Å². The van der Waals surface area contributed by atoms with Gasteiger partial charge in [0.05, 0.1) is 18.3 Å². The molecule has 0 spiro atoms. The predicted octanol–water partition coefficient (Wildman–Crippen LogP) is 1.79. The normalized spacial score (nSPS) is 15.7. The quantitative estimate of drug-likeness (QED) is 0.565. The molecule has 2 N–H and O–H groups in total. The fourth-order valence-electron chi connectivity index (χ4n) is 2.19. The fraction of sp³-hybridized carbons (Fsp3) is 0.471. The Morgan fingerprint density at radius 3 is 2.41 bits per heavy atom. The van der Waals surface area contributed by atoms with Gasteiger partial charge in [-0.2, -0.15) is 0 Å². The van der Waals surface area contributed by atoms with Gasteiger partial charge in [0.25, 0.3) is 0 Å². The lowest BCUT2D eigenvalue weighted by Gasteiger charge is -2.36. The smallest absolute Gasteiger partial charge is 0.338 e. The Balaban J connectivity index is 2.86. The van der Waals surface area contributed by atoms with Crippen LogP contribution in [0.5, 0.6) is 0 Å². The van der Waals surface area contributed by atoms with E-state index in [1.54, 1.807) is 36.4 Å². The molecule has 0 heterocycles. The second-order valence-electron chi connectivity index (χ2n) is 5.66. The molecule has 0 aromatic heterocycles. The molecule has 0 aliphatic carbocycles. The fourth-order valence-corrected chi connectivity index (χ4v) is 2.19. The minimum Gasteiger partial charge on any atom is -0.453 e. The van der Waals surface area contributed by atoms with Crippen LogP contribution in [0, 0.1) is 5.41 Å². The van der Waals surface area contributed by atoms with Crippen molar-refractivity contribution in [1.29, 1.82) is 0 Å². The maximum Gasteiger partial charge on any atom is 0.338 e. The van der Waals surface area contributed by atoms with Crippen molar-refractivity contribution in [2.45, 2.75) is 32.2 Å². The molecule has 0 bridgehead atoms. The van der Waals surface area contributed by atoms with E-state index in [0.29, 0.717) is 5.56 Å². The monoisotopic (exact) mass is 308 g/mol. The van der Waals surface area contributed by atoms with Crippen LogP contribution in [-0.2, 0) is 9.47 Å². The van der Waals surface area contributed by atoms with E-state index in [1.165, 1.54) is 7.11 Å². The third-order valence-electron chi connectivity index (χ3n) is 3.65. The highest BCUT2D eigenvalue weighted by atomic mass is 16.6. The van der Waals surface area contributed by atoms with Gasteiger partial charge >= 0.3 is 5.97 Å². The van der Waals surface area contributed by atoms with Crippen LogP contribution in [0.25, 0.3) is 0 Å². The molecule has 0 aliphatic heterocycles. The van der Waals surface area contributed by atoms with E-state index < -0.39 is 36.3 Å². The molecule has 122 valence electrons. The van der Waals surface area contributed by atoms with Gasteiger partial charge in [-0.1, -0.05) is 38.1 Å². The van der Waals surface area contributed by atoms with Crippen LogP contribution in [-0.4, -0.2) is 48.2 Å². The average Bonchev–Trinajstić information content (AvgIpc) is 2.53. The van der Waals surface area contributed by atoms with E-state index in [-0.39, 0.29) is 0 Å². The van der Waals surface area contributed by atoms with Gasteiger partial charge in [0.1, 0.15) is 6.10 Å². The van der Waals surface area contributed by atoms with Gasteiger partial charge in [-0.15, -0.1) is 6.58 Å². The summed E-state index contributed by atoms with van der Waals surface area (Å²) in [4.78, 5) is 12.0. The molecular weight excluding hydrogens is 284 g/mol. The molecule has 0 saturated carbocycles. The molecule has 0 amide bonds. The highest BCUT2D eigenvalue weighted by molar-refractivity contribution is 5.89.